The molecular formula is C15H26N4O. The van der Waals surface area contributed by atoms with Crippen LogP contribution in [-0.2, 0) is 4.79 Å². The highest BCUT2D eigenvalue weighted by atomic mass is 16.1. The summed E-state index contributed by atoms with van der Waals surface area (Å²) >= 11 is 0. The lowest BCUT2D eigenvalue weighted by Crippen LogP contribution is -2.36. The van der Waals surface area contributed by atoms with Gasteiger partial charge in [-0.15, -0.1) is 0 Å². The molecule has 1 aromatic heterocycles. The highest BCUT2D eigenvalue weighted by Gasteiger charge is 2.33. The molecule has 3 N–H and O–H groups in total. The Morgan fingerprint density at radius 3 is 2.70 bits per heavy atom. The summed E-state index contributed by atoms with van der Waals surface area (Å²) in [4.78, 5) is 12.2. The lowest BCUT2D eigenvalue weighted by Gasteiger charge is -2.35. The predicted octanol–water partition coefficient (Wildman–Crippen LogP) is 2.70. The zero-order chi connectivity index (χ0) is 14.6. The Balaban J connectivity index is 1.93. The minimum absolute atomic E-state index is 0.0103. The molecule has 0 atom stereocenters. The fourth-order valence-corrected chi connectivity index (χ4v) is 2.99. The van der Waals surface area contributed by atoms with Gasteiger partial charge in [-0.25, -0.2) is 0 Å². The largest absolute Gasteiger partial charge is 0.330 e. The Labute approximate surface area is 120 Å². The molecule has 0 saturated heterocycles. The second kappa shape index (κ2) is 6.39. The number of amides is 1. The van der Waals surface area contributed by atoms with Gasteiger partial charge in [0.2, 0.25) is 5.91 Å². The van der Waals surface area contributed by atoms with E-state index >= 15 is 0 Å². The van der Waals surface area contributed by atoms with E-state index in [0.717, 1.165) is 18.5 Å². The average molecular weight is 278 g/mol. The number of nitrogens with two attached hydrogens (primary N) is 1. The molecule has 5 heteroatoms. The van der Waals surface area contributed by atoms with Gasteiger partial charge in [-0.3, -0.25) is 9.48 Å². The van der Waals surface area contributed by atoms with Crippen LogP contribution in [-0.4, -0.2) is 22.2 Å². The van der Waals surface area contributed by atoms with Crippen molar-refractivity contribution >= 4 is 11.6 Å². The molecule has 0 spiro atoms. The summed E-state index contributed by atoms with van der Waals surface area (Å²) in [6.07, 6.45) is 9.89. The van der Waals surface area contributed by atoms with E-state index < -0.39 is 0 Å². The summed E-state index contributed by atoms with van der Waals surface area (Å²) in [6.45, 7) is 4.72. The van der Waals surface area contributed by atoms with Crippen LogP contribution in [0.3, 0.4) is 0 Å². The van der Waals surface area contributed by atoms with E-state index in [2.05, 4.69) is 24.3 Å². The number of hydrogen-bond acceptors (Lipinski definition) is 3. The van der Waals surface area contributed by atoms with E-state index in [0.29, 0.717) is 19.0 Å². The van der Waals surface area contributed by atoms with Crippen LogP contribution < -0.4 is 11.1 Å². The normalized spacial score (nSPS) is 18.2. The Bertz CT molecular complexity index is 446. The molecule has 0 aromatic carbocycles. The number of carbonyl (C=O) groups is 1. The second-order valence-corrected chi connectivity index (χ2v) is 6.29. The van der Waals surface area contributed by atoms with Crippen LogP contribution >= 0.6 is 0 Å². The summed E-state index contributed by atoms with van der Waals surface area (Å²) < 4.78 is 1.84. The number of aromatic nitrogens is 2. The zero-order valence-electron chi connectivity index (χ0n) is 12.6. The van der Waals surface area contributed by atoms with Gasteiger partial charge in [-0.1, -0.05) is 19.3 Å². The van der Waals surface area contributed by atoms with Gasteiger partial charge >= 0.3 is 0 Å². The van der Waals surface area contributed by atoms with Gasteiger partial charge in [0.05, 0.1) is 11.9 Å². The molecule has 20 heavy (non-hydrogen) atoms. The van der Waals surface area contributed by atoms with E-state index in [1.54, 1.807) is 6.20 Å². The maximum atomic E-state index is 12.2. The third-order valence-electron chi connectivity index (χ3n) is 4.30. The third-order valence-corrected chi connectivity index (χ3v) is 4.30. The van der Waals surface area contributed by atoms with E-state index in [4.69, 9.17) is 5.73 Å². The fourth-order valence-electron chi connectivity index (χ4n) is 2.99. The topological polar surface area (TPSA) is 72.9 Å². The Hall–Kier alpha value is -1.36. The van der Waals surface area contributed by atoms with Gasteiger partial charge in [0, 0.05) is 18.7 Å². The first-order valence-corrected chi connectivity index (χ1v) is 7.59. The Morgan fingerprint density at radius 2 is 2.15 bits per heavy atom. The molecule has 0 radical (unpaired) electrons. The SMILES string of the molecule is CC(C)n1cc(NC(=O)CC2(CN)CCCCC2)cn1. The van der Waals surface area contributed by atoms with Crippen LogP contribution in [0.25, 0.3) is 0 Å². The van der Waals surface area contributed by atoms with Crippen molar-refractivity contribution in [2.75, 3.05) is 11.9 Å². The van der Waals surface area contributed by atoms with E-state index in [1.165, 1.54) is 19.3 Å². The third kappa shape index (κ3) is 3.60. The smallest absolute Gasteiger partial charge is 0.225 e. The van der Waals surface area contributed by atoms with Crippen molar-refractivity contribution < 1.29 is 4.79 Å². The molecule has 1 aliphatic carbocycles. The van der Waals surface area contributed by atoms with Gasteiger partial charge in [0.15, 0.2) is 0 Å². The van der Waals surface area contributed by atoms with Gasteiger partial charge in [0.25, 0.3) is 0 Å². The quantitative estimate of drug-likeness (QED) is 0.869. The molecule has 1 aliphatic rings. The van der Waals surface area contributed by atoms with Crippen LogP contribution in [0.4, 0.5) is 5.69 Å². The van der Waals surface area contributed by atoms with Crippen molar-refractivity contribution in [3.05, 3.63) is 12.4 Å². The van der Waals surface area contributed by atoms with Crippen LogP contribution in [0, 0.1) is 5.41 Å². The number of anilines is 1. The van der Waals surface area contributed by atoms with Crippen LogP contribution in [0.1, 0.15) is 58.4 Å². The van der Waals surface area contributed by atoms with Crippen LogP contribution in [0.5, 0.6) is 0 Å². The summed E-state index contributed by atoms with van der Waals surface area (Å²) in [7, 11) is 0. The molecule has 0 bridgehead atoms. The molecule has 2 rings (SSSR count). The summed E-state index contributed by atoms with van der Waals surface area (Å²) in [5, 5.41) is 7.18. The molecule has 1 aromatic rings. The molecule has 5 nitrogen and oxygen atoms in total. The van der Waals surface area contributed by atoms with Crippen molar-refractivity contribution in [3.8, 4) is 0 Å². The molecule has 1 amide bonds. The van der Waals surface area contributed by atoms with Crippen molar-refractivity contribution in [2.24, 2.45) is 11.1 Å². The number of nitrogens with one attached hydrogen (secondary N) is 1. The monoisotopic (exact) mass is 278 g/mol. The van der Waals surface area contributed by atoms with Gasteiger partial charge in [-0.05, 0) is 38.6 Å². The van der Waals surface area contributed by atoms with Gasteiger partial charge in [-0.2, -0.15) is 5.10 Å². The number of carbonyl (C=O) groups excluding carboxylic acids is 1. The summed E-state index contributed by atoms with van der Waals surface area (Å²) in [5.41, 5.74) is 6.71. The molecule has 1 saturated carbocycles. The van der Waals surface area contributed by atoms with Crippen LogP contribution in [0.2, 0.25) is 0 Å². The Kier molecular flexibility index (Phi) is 4.81. The van der Waals surface area contributed by atoms with Crippen molar-refractivity contribution in [2.45, 2.75) is 58.4 Å². The first-order chi connectivity index (χ1) is 9.54. The second-order valence-electron chi connectivity index (χ2n) is 6.29. The number of rotatable bonds is 5. The van der Waals surface area contributed by atoms with E-state index in [-0.39, 0.29) is 11.3 Å². The molecule has 0 aliphatic heterocycles. The fraction of sp³-hybridized carbons (Fsp3) is 0.733. The van der Waals surface area contributed by atoms with Crippen molar-refractivity contribution in [1.82, 2.24) is 9.78 Å². The summed E-state index contributed by atoms with van der Waals surface area (Å²) in [6, 6.07) is 0.300. The highest BCUT2D eigenvalue weighted by molar-refractivity contribution is 5.90. The predicted molar refractivity (Wildman–Crippen MR) is 80.4 cm³/mol. The van der Waals surface area contributed by atoms with Crippen LogP contribution in [0.15, 0.2) is 12.4 Å². The lowest BCUT2D eigenvalue weighted by atomic mass is 9.71. The molecule has 0 unspecified atom stereocenters. The van der Waals surface area contributed by atoms with E-state index in [1.807, 2.05) is 10.9 Å². The minimum Gasteiger partial charge on any atom is -0.330 e. The molecule has 1 heterocycles. The van der Waals surface area contributed by atoms with E-state index in [9.17, 15) is 4.79 Å². The average Bonchev–Trinajstić information content (AvgIpc) is 2.88. The molecular weight excluding hydrogens is 252 g/mol. The highest BCUT2D eigenvalue weighted by Crippen LogP contribution is 2.38. The Morgan fingerprint density at radius 1 is 1.45 bits per heavy atom. The lowest BCUT2D eigenvalue weighted by molar-refractivity contribution is -0.118. The van der Waals surface area contributed by atoms with Gasteiger partial charge < -0.3 is 11.1 Å². The van der Waals surface area contributed by atoms with Crippen molar-refractivity contribution in [3.63, 3.8) is 0 Å². The summed E-state index contributed by atoms with van der Waals surface area (Å²) in [5.74, 6) is 0.0562. The number of nitrogens with zero attached hydrogens (tertiary/aromatic N) is 2. The first kappa shape index (κ1) is 15.0. The maximum Gasteiger partial charge on any atom is 0.225 e. The number of hydrogen-bond donors (Lipinski definition) is 2. The molecule has 112 valence electrons. The van der Waals surface area contributed by atoms with Gasteiger partial charge in [0.1, 0.15) is 0 Å². The van der Waals surface area contributed by atoms with Crippen molar-refractivity contribution in [1.29, 1.82) is 0 Å². The minimum atomic E-state index is 0.0103. The standard InChI is InChI=1S/C15H26N4O/c1-12(2)19-10-13(9-17-19)18-14(20)8-15(11-16)6-4-3-5-7-15/h9-10,12H,3-8,11,16H2,1-2H3,(H,18,20). The maximum absolute atomic E-state index is 12.2. The zero-order valence-corrected chi connectivity index (χ0v) is 12.6. The first-order valence-electron chi connectivity index (χ1n) is 7.59. The molecule has 1 fully saturated rings.